The second-order valence-electron chi connectivity index (χ2n) is 6.55. The van der Waals surface area contributed by atoms with Gasteiger partial charge in [-0.15, -0.1) is 0 Å². The molecule has 142 valence electrons. The molecule has 2 heterocycles. The van der Waals surface area contributed by atoms with Gasteiger partial charge in [0.15, 0.2) is 5.82 Å². The van der Waals surface area contributed by atoms with Gasteiger partial charge in [0.25, 0.3) is 0 Å². The summed E-state index contributed by atoms with van der Waals surface area (Å²) < 4.78 is 2.19. The van der Waals surface area contributed by atoms with Crippen LogP contribution in [0.5, 0.6) is 0 Å². The highest BCUT2D eigenvalue weighted by Crippen LogP contribution is 2.32. The molecule has 0 aliphatic heterocycles. The van der Waals surface area contributed by atoms with Crippen LogP contribution < -0.4 is 5.73 Å². The fourth-order valence-electron chi connectivity index (χ4n) is 3.23. The van der Waals surface area contributed by atoms with Crippen LogP contribution in [0.25, 0.3) is 33.8 Å². The van der Waals surface area contributed by atoms with Gasteiger partial charge in [-0.05, 0) is 42.8 Å². The summed E-state index contributed by atoms with van der Waals surface area (Å²) in [5, 5.41) is 1.08. The van der Waals surface area contributed by atoms with Crippen molar-refractivity contribution >= 4 is 40.2 Å². The number of benzene rings is 2. The molecule has 5 nitrogen and oxygen atoms in total. The SMILES string of the molecule is CCCCn1c(-c2cc(-c3ccc(Cl)cc3Cl)nc(N)n2)nc2ccccc21. The predicted molar refractivity (Wildman–Crippen MR) is 116 cm³/mol. The summed E-state index contributed by atoms with van der Waals surface area (Å²) in [6.45, 7) is 3.02. The van der Waals surface area contributed by atoms with Crippen molar-refractivity contribution in [2.75, 3.05) is 5.73 Å². The highest BCUT2D eigenvalue weighted by atomic mass is 35.5. The van der Waals surface area contributed by atoms with E-state index < -0.39 is 0 Å². The van der Waals surface area contributed by atoms with Crippen LogP contribution in [0.2, 0.25) is 10.0 Å². The van der Waals surface area contributed by atoms with Gasteiger partial charge in [0.05, 0.1) is 21.7 Å². The van der Waals surface area contributed by atoms with Gasteiger partial charge in [-0.2, -0.15) is 0 Å². The van der Waals surface area contributed by atoms with Crippen molar-refractivity contribution in [1.29, 1.82) is 0 Å². The van der Waals surface area contributed by atoms with E-state index in [4.69, 9.17) is 33.9 Å². The number of hydrogen-bond acceptors (Lipinski definition) is 4. The zero-order valence-electron chi connectivity index (χ0n) is 15.4. The molecule has 0 spiro atoms. The van der Waals surface area contributed by atoms with E-state index in [1.165, 1.54) is 0 Å². The Labute approximate surface area is 173 Å². The van der Waals surface area contributed by atoms with Crippen LogP contribution >= 0.6 is 23.2 Å². The highest BCUT2D eigenvalue weighted by Gasteiger charge is 2.16. The summed E-state index contributed by atoms with van der Waals surface area (Å²) in [7, 11) is 0. The molecule has 2 aromatic heterocycles. The van der Waals surface area contributed by atoms with Crippen molar-refractivity contribution in [1.82, 2.24) is 19.5 Å². The zero-order valence-corrected chi connectivity index (χ0v) is 16.9. The van der Waals surface area contributed by atoms with Crippen LogP contribution in [0.3, 0.4) is 0 Å². The van der Waals surface area contributed by atoms with Crippen molar-refractivity contribution in [3.63, 3.8) is 0 Å². The molecule has 0 radical (unpaired) electrons. The summed E-state index contributed by atoms with van der Waals surface area (Å²) in [5.41, 5.74) is 10.1. The fourth-order valence-corrected chi connectivity index (χ4v) is 3.73. The number of nitrogens with zero attached hydrogens (tertiary/aromatic N) is 4. The Morgan fingerprint density at radius 1 is 0.964 bits per heavy atom. The van der Waals surface area contributed by atoms with Gasteiger partial charge in [0.1, 0.15) is 5.69 Å². The van der Waals surface area contributed by atoms with Gasteiger partial charge < -0.3 is 10.3 Å². The Hall–Kier alpha value is -2.63. The molecule has 0 bridgehead atoms. The molecule has 0 unspecified atom stereocenters. The lowest BCUT2D eigenvalue weighted by atomic mass is 10.1. The van der Waals surface area contributed by atoms with Crippen molar-refractivity contribution in [3.8, 4) is 22.8 Å². The highest BCUT2D eigenvalue weighted by molar-refractivity contribution is 6.36. The van der Waals surface area contributed by atoms with E-state index >= 15 is 0 Å². The molecule has 0 saturated heterocycles. The van der Waals surface area contributed by atoms with Crippen molar-refractivity contribution < 1.29 is 0 Å². The lowest BCUT2D eigenvalue weighted by Crippen LogP contribution is -2.04. The Kier molecular flexibility index (Phi) is 5.20. The molecule has 0 fully saturated rings. The standard InChI is InChI=1S/C21H19Cl2N5/c1-2-3-10-28-19-7-5-4-6-16(19)25-20(28)18-12-17(26-21(24)27-18)14-9-8-13(22)11-15(14)23/h4-9,11-12H,2-3,10H2,1H3,(H2,24,26,27). The number of hydrogen-bond donors (Lipinski definition) is 1. The van der Waals surface area contributed by atoms with E-state index in [1.807, 2.05) is 30.3 Å². The number of unbranched alkanes of at least 4 members (excludes halogenated alkanes) is 1. The summed E-state index contributed by atoms with van der Waals surface area (Å²) in [5.74, 6) is 0.947. The average Bonchev–Trinajstić information content (AvgIpc) is 3.04. The topological polar surface area (TPSA) is 69.6 Å². The minimum absolute atomic E-state index is 0.174. The third kappa shape index (κ3) is 3.55. The Balaban J connectivity index is 1.89. The average molecular weight is 412 g/mol. The number of rotatable bonds is 5. The van der Waals surface area contributed by atoms with Gasteiger partial charge in [-0.3, -0.25) is 0 Å². The first kappa shape index (κ1) is 18.7. The number of aryl methyl sites for hydroxylation is 1. The second kappa shape index (κ2) is 7.78. The van der Waals surface area contributed by atoms with Crippen LogP contribution in [0.1, 0.15) is 19.8 Å². The molecule has 28 heavy (non-hydrogen) atoms. The fraction of sp³-hybridized carbons (Fsp3) is 0.190. The summed E-state index contributed by atoms with van der Waals surface area (Å²) in [6, 6.07) is 15.2. The summed E-state index contributed by atoms with van der Waals surface area (Å²) >= 11 is 12.4. The smallest absolute Gasteiger partial charge is 0.221 e. The second-order valence-corrected chi connectivity index (χ2v) is 7.39. The normalized spacial score (nSPS) is 11.2. The van der Waals surface area contributed by atoms with Crippen LogP contribution in [0, 0.1) is 0 Å². The number of nitrogen functional groups attached to an aromatic ring is 1. The van der Waals surface area contributed by atoms with Crippen LogP contribution in [0.15, 0.2) is 48.5 Å². The van der Waals surface area contributed by atoms with E-state index in [-0.39, 0.29) is 5.95 Å². The molecule has 0 aliphatic rings. The van der Waals surface area contributed by atoms with Crippen LogP contribution in [-0.2, 0) is 6.54 Å². The number of para-hydroxylation sites is 2. The van der Waals surface area contributed by atoms with E-state index in [2.05, 4.69) is 27.5 Å². The quantitative estimate of drug-likeness (QED) is 0.447. The lowest BCUT2D eigenvalue weighted by molar-refractivity contribution is 0.650. The molecule has 2 N–H and O–H groups in total. The first-order chi connectivity index (χ1) is 13.6. The van der Waals surface area contributed by atoms with E-state index in [1.54, 1.807) is 12.1 Å². The number of halogens is 2. The molecular formula is C21H19Cl2N5. The van der Waals surface area contributed by atoms with E-state index in [9.17, 15) is 0 Å². The number of aromatic nitrogens is 4. The molecule has 0 atom stereocenters. The van der Waals surface area contributed by atoms with Crippen molar-refractivity contribution in [2.24, 2.45) is 0 Å². The van der Waals surface area contributed by atoms with Gasteiger partial charge in [-0.1, -0.05) is 48.7 Å². The van der Waals surface area contributed by atoms with Gasteiger partial charge in [0, 0.05) is 17.1 Å². The van der Waals surface area contributed by atoms with Gasteiger partial charge >= 0.3 is 0 Å². The summed E-state index contributed by atoms with van der Waals surface area (Å²) in [6.07, 6.45) is 2.13. The van der Waals surface area contributed by atoms with E-state index in [0.717, 1.165) is 41.8 Å². The molecule has 0 aliphatic carbocycles. The van der Waals surface area contributed by atoms with Gasteiger partial charge in [0.2, 0.25) is 5.95 Å². The molecule has 4 aromatic rings. The van der Waals surface area contributed by atoms with Crippen LogP contribution in [0.4, 0.5) is 5.95 Å². The lowest BCUT2D eigenvalue weighted by Gasteiger charge is -2.10. The maximum absolute atomic E-state index is 6.37. The Morgan fingerprint density at radius 3 is 2.54 bits per heavy atom. The van der Waals surface area contributed by atoms with Crippen molar-refractivity contribution in [3.05, 3.63) is 58.6 Å². The number of nitrogens with two attached hydrogens (primary N) is 1. The third-order valence-corrected chi connectivity index (χ3v) is 5.12. The minimum Gasteiger partial charge on any atom is -0.368 e. The Morgan fingerprint density at radius 2 is 1.75 bits per heavy atom. The molecule has 4 rings (SSSR count). The minimum atomic E-state index is 0.174. The number of fused-ring (bicyclic) bond motifs is 1. The third-order valence-electron chi connectivity index (χ3n) is 4.57. The molecule has 7 heteroatoms. The molecular weight excluding hydrogens is 393 g/mol. The maximum Gasteiger partial charge on any atom is 0.221 e. The maximum atomic E-state index is 6.37. The first-order valence-corrected chi connectivity index (χ1v) is 9.88. The number of anilines is 1. The predicted octanol–water partition coefficient (Wildman–Crippen LogP) is 5.85. The largest absolute Gasteiger partial charge is 0.368 e. The van der Waals surface area contributed by atoms with Gasteiger partial charge in [-0.25, -0.2) is 15.0 Å². The van der Waals surface area contributed by atoms with Crippen molar-refractivity contribution in [2.45, 2.75) is 26.3 Å². The Bertz CT molecular complexity index is 1150. The first-order valence-electron chi connectivity index (χ1n) is 9.12. The monoisotopic (exact) mass is 411 g/mol. The van der Waals surface area contributed by atoms with Crippen LogP contribution in [-0.4, -0.2) is 19.5 Å². The van der Waals surface area contributed by atoms with E-state index in [0.29, 0.717) is 21.4 Å². The summed E-state index contributed by atoms with van der Waals surface area (Å²) in [4.78, 5) is 13.6. The molecule has 0 saturated carbocycles. The molecule has 0 amide bonds. The molecule has 2 aromatic carbocycles. The zero-order chi connectivity index (χ0) is 19.7. The number of imidazole rings is 1.